The van der Waals surface area contributed by atoms with Crippen LogP contribution >= 0.6 is 0 Å². The highest BCUT2D eigenvalue weighted by Crippen LogP contribution is 2.15. The fourth-order valence-electron chi connectivity index (χ4n) is 3.40. The number of nitrogens with one attached hydrogen (secondary N) is 3. The molecule has 0 saturated heterocycles. The van der Waals surface area contributed by atoms with Crippen LogP contribution in [0, 0.1) is 12.8 Å². The monoisotopic (exact) mass is 407 g/mol. The number of anilines is 1. The molecule has 0 radical (unpaired) electrons. The van der Waals surface area contributed by atoms with Crippen LogP contribution < -0.4 is 16.0 Å². The van der Waals surface area contributed by atoms with E-state index in [1.165, 1.54) is 0 Å². The minimum absolute atomic E-state index is 0.0358. The molecule has 2 aromatic carbocycles. The Bertz CT molecular complexity index is 997. The molecule has 1 atom stereocenters. The lowest BCUT2D eigenvalue weighted by molar-refractivity contribution is -0.123. The van der Waals surface area contributed by atoms with Crippen LogP contribution in [0.5, 0.6) is 0 Å². The average Bonchev–Trinajstić information content (AvgIpc) is 3.05. The Morgan fingerprint density at radius 3 is 2.47 bits per heavy atom. The zero-order valence-corrected chi connectivity index (χ0v) is 17.7. The lowest BCUT2D eigenvalue weighted by Crippen LogP contribution is -2.51. The molecule has 3 rings (SSSR count). The molecule has 0 saturated carbocycles. The van der Waals surface area contributed by atoms with Gasteiger partial charge in [-0.15, -0.1) is 0 Å². The van der Waals surface area contributed by atoms with E-state index < -0.39 is 12.1 Å². The molecule has 30 heavy (non-hydrogen) atoms. The van der Waals surface area contributed by atoms with Gasteiger partial charge in [-0.05, 0) is 43.5 Å². The topological polar surface area (TPSA) is 88.1 Å². The highest BCUT2D eigenvalue weighted by atomic mass is 16.2. The van der Waals surface area contributed by atoms with E-state index in [1.54, 1.807) is 12.1 Å². The first-order valence-electron chi connectivity index (χ1n) is 10.3. The molecule has 3 N–H and O–H groups in total. The summed E-state index contributed by atoms with van der Waals surface area (Å²) in [7, 11) is 0. The lowest BCUT2D eigenvalue weighted by Gasteiger charge is -2.22. The summed E-state index contributed by atoms with van der Waals surface area (Å²) in [5.74, 6) is 0.744. The predicted molar refractivity (Wildman–Crippen MR) is 119 cm³/mol. The summed E-state index contributed by atoms with van der Waals surface area (Å²) in [6, 6.07) is 16.2. The fourth-order valence-corrected chi connectivity index (χ4v) is 3.40. The number of para-hydroxylation sites is 3. The summed E-state index contributed by atoms with van der Waals surface area (Å²) >= 11 is 0. The predicted octanol–water partition coefficient (Wildman–Crippen LogP) is 3.70. The van der Waals surface area contributed by atoms with E-state index in [4.69, 9.17) is 0 Å². The highest BCUT2D eigenvalue weighted by Gasteiger charge is 2.23. The SMILES string of the molecule is Cc1nc2ccccc2n1CCCNC(=O)C(NC(=O)Nc1ccccc1)C(C)C. The lowest BCUT2D eigenvalue weighted by atomic mass is 10.0. The van der Waals surface area contributed by atoms with E-state index in [9.17, 15) is 9.59 Å². The van der Waals surface area contributed by atoms with Crippen LogP contribution in [0.25, 0.3) is 11.0 Å². The Kier molecular flexibility index (Phi) is 7.06. The van der Waals surface area contributed by atoms with E-state index in [0.717, 1.165) is 29.8 Å². The molecule has 7 heteroatoms. The van der Waals surface area contributed by atoms with Crippen molar-refractivity contribution >= 4 is 28.7 Å². The van der Waals surface area contributed by atoms with Crippen molar-refractivity contribution in [3.8, 4) is 0 Å². The van der Waals surface area contributed by atoms with Gasteiger partial charge in [-0.1, -0.05) is 44.2 Å². The van der Waals surface area contributed by atoms with Crippen molar-refractivity contribution in [3.63, 3.8) is 0 Å². The molecule has 0 aliphatic carbocycles. The molecular formula is C23H29N5O2. The van der Waals surface area contributed by atoms with Gasteiger partial charge in [-0.2, -0.15) is 0 Å². The van der Waals surface area contributed by atoms with Gasteiger partial charge in [0.1, 0.15) is 11.9 Å². The van der Waals surface area contributed by atoms with Crippen molar-refractivity contribution < 1.29 is 9.59 Å². The number of fused-ring (bicyclic) bond motifs is 1. The number of aryl methyl sites for hydroxylation is 2. The van der Waals surface area contributed by atoms with Crippen LogP contribution in [-0.4, -0.2) is 34.1 Å². The number of amides is 3. The van der Waals surface area contributed by atoms with E-state index in [0.29, 0.717) is 12.2 Å². The first-order chi connectivity index (χ1) is 14.5. The van der Waals surface area contributed by atoms with Crippen molar-refractivity contribution in [2.75, 3.05) is 11.9 Å². The van der Waals surface area contributed by atoms with Crippen LogP contribution in [0.4, 0.5) is 10.5 Å². The van der Waals surface area contributed by atoms with E-state index in [1.807, 2.05) is 57.2 Å². The maximum atomic E-state index is 12.6. The molecule has 1 aromatic heterocycles. The Labute approximate surface area is 176 Å². The molecular weight excluding hydrogens is 378 g/mol. The third-order valence-corrected chi connectivity index (χ3v) is 4.97. The number of nitrogens with zero attached hydrogens (tertiary/aromatic N) is 2. The van der Waals surface area contributed by atoms with Gasteiger partial charge in [0, 0.05) is 18.8 Å². The van der Waals surface area contributed by atoms with Crippen molar-refractivity contribution in [1.29, 1.82) is 0 Å². The largest absolute Gasteiger partial charge is 0.354 e. The number of hydrogen-bond donors (Lipinski definition) is 3. The maximum Gasteiger partial charge on any atom is 0.319 e. The van der Waals surface area contributed by atoms with Crippen LogP contribution in [0.15, 0.2) is 54.6 Å². The molecule has 158 valence electrons. The molecule has 0 aliphatic rings. The molecule has 1 heterocycles. The van der Waals surface area contributed by atoms with E-state index in [-0.39, 0.29) is 11.8 Å². The first-order valence-corrected chi connectivity index (χ1v) is 10.3. The smallest absolute Gasteiger partial charge is 0.319 e. The molecule has 3 aromatic rings. The summed E-state index contributed by atoms with van der Waals surface area (Å²) in [5, 5.41) is 8.47. The van der Waals surface area contributed by atoms with Crippen molar-refractivity contribution in [1.82, 2.24) is 20.2 Å². The van der Waals surface area contributed by atoms with Crippen LogP contribution in [0.3, 0.4) is 0 Å². The zero-order valence-electron chi connectivity index (χ0n) is 17.7. The van der Waals surface area contributed by atoms with Gasteiger partial charge in [0.25, 0.3) is 0 Å². The summed E-state index contributed by atoms with van der Waals surface area (Å²) in [6.45, 7) is 7.10. The minimum Gasteiger partial charge on any atom is -0.354 e. The summed E-state index contributed by atoms with van der Waals surface area (Å²) in [6.07, 6.45) is 0.772. The van der Waals surface area contributed by atoms with Gasteiger partial charge in [0.15, 0.2) is 0 Å². The van der Waals surface area contributed by atoms with E-state index >= 15 is 0 Å². The Balaban J connectivity index is 1.50. The summed E-state index contributed by atoms with van der Waals surface area (Å²) < 4.78 is 2.16. The van der Waals surface area contributed by atoms with Gasteiger partial charge < -0.3 is 20.5 Å². The minimum atomic E-state index is -0.607. The summed E-state index contributed by atoms with van der Waals surface area (Å²) in [4.78, 5) is 29.5. The van der Waals surface area contributed by atoms with Gasteiger partial charge in [-0.3, -0.25) is 4.79 Å². The summed E-state index contributed by atoms with van der Waals surface area (Å²) in [5.41, 5.74) is 2.76. The van der Waals surface area contributed by atoms with Gasteiger partial charge in [0.05, 0.1) is 11.0 Å². The number of carbonyl (C=O) groups excluding carboxylic acids is 2. The number of aromatic nitrogens is 2. The number of urea groups is 1. The third-order valence-electron chi connectivity index (χ3n) is 4.97. The van der Waals surface area contributed by atoms with Gasteiger partial charge >= 0.3 is 6.03 Å². The molecule has 0 spiro atoms. The zero-order chi connectivity index (χ0) is 21.5. The van der Waals surface area contributed by atoms with Crippen LogP contribution in [0.1, 0.15) is 26.1 Å². The van der Waals surface area contributed by atoms with Crippen molar-refractivity contribution in [2.45, 2.75) is 39.8 Å². The molecule has 1 unspecified atom stereocenters. The van der Waals surface area contributed by atoms with Crippen LogP contribution in [0.2, 0.25) is 0 Å². The first kappa shape index (κ1) is 21.4. The number of carbonyl (C=O) groups is 2. The number of hydrogen-bond acceptors (Lipinski definition) is 3. The van der Waals surface area contributed by atoms with Crippen LogP contribution in [-0.2, 0) is 11.3 Å². The molecule has 0 aliphatic heterocycles. The fraction of sp³-hybridized carbons (Fsp3) is 0.348. The standard InChI is InChI=1S/C23H29N5O2/c1-16(2)21(27-23(30)26-18-10-5-4-6-11-18)22(29)24-14-9-15-28-17(3)25-19-12-7-8-13-20(19)28/h4-8,10-13,16,21H,9,14-15H2,1-3H3,(H,24,29)(H2,26,27,30). The number of imidazole rings is 1. The second-order valence-electron chi connectivity index (χ2n) is 7.63. The van der Waals surface area contributed by atoms with Gasteiger partial charge in [0.2, 0.25) is 5.91 Å². The van der Waals surface area contributed by atoms with Gasteiger partial charge in [-0.25, -0.2) is 9.78 Å². The molecule has 3 amide bonds. The maximum absolute atomic E-state index is 12.6. The number of rotatable bonds is 8. The van der Waals surface area contributed by atoms with E-state index in [2.05, 4.69) is 31.6 Å². The second-order valence-corrected chi connectivity index (χ2v) is 7.63. The average molecular weight is 408 g/mol. The number of benzene rings is 2. The second kappa shape index (κ2) is 9.91. The molecule has 7 nitrogen and oxygen atoms in total. The third kappa shape index (κ3) is 5.37. The van der Waals surface area contributed by atoms with Crippen molar-refractivity contribution in [3.05, 3.63) is 60.4 Å². The molecule has 0 bridgehead atoms. The Morgan fingerprint density at radius 2 is 1.73 bits per heavy atom. The quantitative estimate of drug-likeness (QED) is 0.498. The highest BCUT2D eigenvalue weighted by molar-refractivity contribution is 5.93. The molecule has 0 fully saturated rings. The Morgan fingerprint density at radius 1 is 1.03 bits per heavy atom. The normalized spacial score (nSPS) is 12.0. The van der Waals surface area contributed by atoms with Crippen molar-refractivity contribution in [2.24, 2.45) is 5.92 Å². The Hall–Kier alpha value is -3.35.